The minimum atomic E-state index is -3.98. The predicted octanol–water partition coefficient (Wildman–Crippen LogP) is 3.14. The summed E-state index contributed by atoms with van der Waals surface area (Å²) < 4.78 is 32.4. The Morgan fingerprint density at radius 3 is 2.52 bits per heavy atom. The van der Waals surface area contributed by atoms with Crippen LogP contribution in [0.3, 0.4) is 0 Å². The van der Waals surface area contributed by atoms with Gasteiger partial charge in [-0.05, 0) is 46.7 Å². The Hall–Kier alpha value is -2.29. The molecule has 0 saturated heterocycles. The summed E-state index contributed by atoms with van der Waals surface area (Å²) in [6.07, 6.45) is 4.09. The number of aryl methyl sites for hydroxylation is 1. The molecule has 27 heavy (non-hydrogen) atoms. The van der Waals surface area contributed by atoms with Crippen LogP contribution in [0, 0.1) is 0 Å². The molecule has 0 aliphatic rings. The maximum absolute atomic E-state index is 10.8. The van der Waals surface area contributed by atoms with Crippen LogP contribution < -0.4 is 9.47 Å². The maximum atomic E-state index is 10.8. The molecule has 142 valence electrons. The van der Waals surface area contributed by atoms with E-state index in [2.05, 4.69) is 21.7 Å². The van der Waals surface area contributed by atoms with Crippen LogP contribution in [0.4, 0.5) is 5.69 Å². The zero-order valence-corrected chi connectivity index (χ0v) is 16.8. The lowest BCUT2D eigenvalue weighted by atomic mass is 10.2. The molecule has 0 saturated carbocycles. The summed E-state index contributed by atoms with van der Waals surface area (Å²) in [6.45, 7) is 0.518. The zero-order valence-electron chi connectivity index (χ0n) is 15.2. The molecule has 2 aromatic carbocycles. The Morgan fingerprint density at radius 2 is 1.85 bits per heavy atom. The van der Waals surface area contributed by atoms with E-state index in [4.69, 9.17) is 4.55 Å². The van der Waals surface area contributed by atoms with Crippen molar-refractivity contribution in [2.45, 2.75) is 0 Å². The van der Waals surface area contributed by atoms with Gasteiger partial charge in [-0.15, -0.1) is 0 Å². The number of aromatic nitrogens is 2. The molecule has 1 aromatic heterocycles. The molecule has 0 amide bonds. The third-order valence-corrected chi connectivity index (χ3v) is 6.36. The number of imidazole rings is 1. The van der Waals surface area contributed by atoms with Gasteiger partial charge in [-0.3, -0.25) is 4.55 Å². The van der Waals surface area contributed by atoms with E-state index >= 15 is 0 Å². The van der Waals surface area contributed by atoms with E-state index in [0.29, 0.717) is 23.1 Å². The Balaban J connectivity index is 1.66. The van der Waals surface area contributed by atoms with E-state index in [0.717, 1.165) is 28.1 Å². The number of benzene rings is 2. The van der Waals surface area contributed by atoms with Gasteiger partial charge in [-0.1, -0.05) is 24.3 Å². The molecule has 6 nitrogen and oxygen atoms in total. The van der Waals surface area contributed by atoms with Crippen molar-refractivity contribution < 1.29 is 17.5 Å². The molecule has 3 rings (SSSR count). The van der Waals surface area contributed by atoms with Crippen molar-refractivity contribution in [1.82, 2.24) is 4.98 Å². The van der Waals surface area contributed by atoms with Crippen molar-refractivity contribution in [2.24, 2.45) is 7.05 Å². The van der Waals surface area contributed by atoms with Crippen LogP contribution in [0.25, 0.3) is 23.2 Å². The van der Waals surface area contributed by atoms with Crippen molar-refractivity contribution in [3.63, 3.8) is 0 Å². The highest BCUT2D eigenvalue weighted by Gasteiger charge is 2.11. The van der Waals surface area contributed by atoms with Gasteiger partial charge < -0.3 is 4.90 Å². The van der Waals surface area contributed by atoms with Gasteiger partial charge in [0.1, 0.15) is 0 Å². The largest absolute Gasteiger partial charge is 0.374 e. The lowest BCUT2D eigenvalue weighted by molar-refractivity contribution is -0.646. The highest BCUT2D eigenvalue weighted by molar-refractivity contribution is 8.69. The SMILES string of the molecule is CN(CCSS(=O)(=O)O)c1ccc(/C=C/c2[nH]c3ccccc3[n+]2C)cc1. The van der Waals surface area contributed by atoms with Gasteiger partial charge >= 0.3 is 9.15 Å². The van der Waals surface area contributed by atoms with Gasteiger partial charge in [0.2, 0.25) is 0 Å². The summed E-state index contributed by atoms with van der Waals surface area (Å²) in [5.41, 5.74) is 4.30. The lowest BCUT2D eigenvalue weighted by Crippen LogP contribution is -2.29. The number of rotatable bonds is 7. The first-order valence-electron chi connectivity index (χ1n) is 8.41. The molecule has 0 bridgehead atoms. The molecule has 0 aliphatic carbocycles. The first-order chi connectivity index (χ1) is 12.8. The molecule has 0 unspecified atom stereocenters. The number of hydrogen-bond acceptors (Lipinski definition) is 4. The van der Waals surface area contributed by atoms with Crippen LogP contribution in [-0.4, -0.2) is 37.3 Å². The van der Waals surface area contributed by atoms with E-state index in [1.165, 1.54) is 0 Å². The van der Waals surface area contributed by atoms with Gasteiger partial charge in [0, 0.05) is 31.1 Å². The molecule has 8 heteroatoms. The highest BCUT2D eigenvalue weighted by atomic mass is 33.1. The highest BCUT2D eigenvalue weighted by Crippen LogP contribution is 2.17. The third-order valence-electron chi connectivity index (χ3n) is 4.32. The second-order valence-electron chi connectivity index (χ2n) is 6.18. The molecule has 0 aliphatic heterocycles. The summed E-state index contributed by atoms with van der Waals surface area (Å²) in [5.74, 6) is 1.31. The summed E-state index contributed by atoms with van der Waals surface area (Å²) in [4.78, 5) is 5.34. The Bertz CT molecular complexity index is 1060. The fourth-order valence-electron chi connectivity index (χ4n) is 2.80. The summed E-state index contributed by atoms with van der Waals surface area (Å²) in [5, 5.41) is 0. The van der Waals surface area contributed by atoms with E-state index in [9.17, 15) is 8.42 Å². The second-order valence-corrected chi connectivity index (χ2v) is 9.65. The summed E-state index contributed by atoms with van der Waals surface area (Å²) in [6, 6.07) is 16.2. The maximum Gasteiger partial charge on any atom is 0.319 e. The van der Waals surface area contributed by atoms with Gasteiger partial charge in [-0.2, -0.15) is 8.42 Å². The zero-order chi connectivity index (χ0) is 19.4. The quantitative estimate of drug-likeness (QED) is 0.359. The van der Waals surface area contributed by atoms with Crippen molar-refractivity contribution >= 4 is 48.8 Å². The first kappa shape index (κ1) is 19.5. The smallest absolute Gasteiger partial charge is 0.319 e. The average molecular weight is 405 g/mol. The Kier molecular flexibility index (Phi) is 5.88. The fraction of sp³-hybridized carbons (Fsp3) is 0.211. The van der Waals surface area contributed by atoms with Crippen LogP contribution in [0.15, 0.2) is 48.5 Å². The van der Waals surface area contributed by atoms with Crippen LogP contribution >= 0.6 is 10.8 Å². The lowest BCUT2D eigenvalue weighted by Gasteiger charge is -2.18. The van der Waals surface area contributed by atoms with Gasteiger partial charge in [-0.25, -0.2) is 9.55 Å². The van der Waals surface area contributed by atoms with Crippen LogP contribution in [0.5, 0.6) is 0 Å². The van der Waals surface area contributed by atoms with Crippen molar-refractivity contribution in [1.29, 1.82) is 0 Å². The number of nitrogens with one attached hydrogen (secondary N) is 1. The fourth-order valence-corrected chi connectivity index (χ4v) is 4.22. The van der Waals surface area contributed by atoms with E-state index in [1.54, 1.807) is 0 Å². The molecular weight excluding hydrogens is 382 g/mol. The molecular formula is C19H22N3O3S2+. The minimum absolute atomic E-state index is 0.299. The second kappa shape index (κ2) is 8.16. The molecule has 3 aromatic rings. The molecule has 0 fully saturated rings. The van der Waals surface area contributed by atoms with E-state index in [1.807, 2.05) is 67.5 Å². The number of aromatic amines is 1. The normalized spacial score (nSPS) is 12.1. The average Bonchev–Trinajstić information content (AvgIpc) is 2.95. The number of nitrogens with zero attached hydrogens (tertiary/aromatic N) is 2. The van der Waals surface area contributed by atoms with Crippen molar-refractivity contribution in [2.75, 3.05) is 24.2 Å². The third kappa shape index (κ3) is 5.12. The van der Waals surface area contributed by atoms with E-state index in [-0.39, 0.29) is 0 Å². The monoisotopic (exact) mass is 404 g/mol. The standard InChI is InChI=1S/C19H21N3O3S2/c1-21(13-14-26-27(23,24)25)16-10-7-15(8-11-16)9-12-19-20-17-5-3-4-6-18(17)22(19)2/h3-12H,13-14H2,1-2H3,(H,23,24,25)/p+1/b12-9+. The van der Waals surface area contributed by atoms with E-state index < -0.39 is 9.15 Å². The summed E-state index contributed by atoms with van der Waals surface area (Å²) >= 11 is 0. The number of hydrogen-bond donors (Lipinski definition) is 2. The number of fused-ring (bicyclic) bond motifs is 1. The Morgan fingerprint density at radius 1 is 1.15 bits per heavy atom. The molecule has 1 heterocycles. The van der Waals surface area contributed by atoms with Crippen LogP contribution in [0.1, 0.15) is 11.4 Å². The Labute approximate surface area is 162 Å². The predicted molar refractivity (Wildman–Crippen MR) is 112 cm³/mol. The number of para-hydroxylation sites is 2. The van der Waals surface area contributed by atoms with Crippen LogP contribution in [-0.2, 0) is 16.2 Å². The number of H-pyrrole nitrogens is 1. The minimum Gasteiger partial charge on any atom is -0.374 e. The molecule has 0 radical (unpaired) electrons. The van der Waals surface area contributed by atoms with Gasteiger partial charge in [0.25, 0.3) is 5.82 Å². The first-order valence-corrected chi connectivity index (χ1v) is 11.4. The van der Waals surface area contributed by atoms with Gasteiger partial charge in [0.15, 0.2) is 11.0 Å². The topological polar surface area (TPSA) is 77.3 Å². The molecule has 0 spiro atoms. The van der Waals surface area contributed by atoms with Crippen molar-refractivity contribution in [3.05, 3.63) is 59.9 Å². The van der Waals surface area contributed by atoms with Crippen molar-refractivity contribution in [3.8, 4) is 0 Å². The molecule has 0 atom stereocenters. The molecule has 2 N–H and O–H groups in total. The van der Waals surface area contributed by atoms with Crippen LogP contribution in [0.2, 0.25) is 0 Å². The summed E-state index contributed by atoms with van der Waals surface area (Å²) in [7, 11) is 0.475. The van der Waals surface area contributed by atoms with Gasteiger partial charge in [0.05, 0.1) is 7.05 Å². The number of anilines is 1.